The molecular weight excluding hydrogens is 321 g/mol. The Hall–Kier alpha value is -1.60. The molecule has 2 heterocycles. The smallest absolute Gasteiger partial charge is 0.256 e. The van der Waals surface area contributed by atoms with Crippen LogP contribution in [-0.4, -0.2) is 65.1 Å². The molecule has 0 bridgehead atoms. The molecule has 1 aromatic carbocycles. The fourth-order valence-corrected chi connectivity index (χ4v) is 3.42. The van der Waals surface area contributed by atoms with Crippen LogP contribution in [0.4, 0.5) is 13.2 Å². The molecule has 1 amide bonds. The number of nitrogens with zero attached hydrogens (tertiary/aromatic N) is 2. The average Bonchev–Trinajstić information content (AvgIpc) is 2.92. The van der Waals surface area contributed by atoms with Crippen LogP contribution in [0.25, 0.3) is 0 Å². The van der Waals surface area contributed by atoms with Gasteiger partial charge in [0, 0.05) is 39.0 Å². The van der Waals surface area contributed by atoms with Gasteiger partial charge < -0.3 is 10.0 Å². The van der Waals surface area contributed by atoms with E-state index in [1.807, 2.05) is 4.90 Å². The molecule has 0 aromatic heterocycles. The van der Waals surface area contributed by atoms with E-state index in [0.29, 0.717) is 13.0 Å². The SMILES string of the molecule is O=C(c1ccccc1F)N1CC[C@](O)(CN2CCC(F)(F)CC2)C1. The van der Waals surface area contributed by atoms with Crippen molar-refractivity contribution in [3.8, 4) is 0 Å². The summed E-state index contributed by atoms with van der Waals surface area (Å²) in [6, 6.07) is 5.75. The van der Waals surface area contributed by atoms with E-state index in [1.54, 1.807) is 6.07 Å². The maximum atomic E-state index is 13.7. The highest BCUT2D eigenvalue weighted by atomic mass is 19.3. The summed E-state index contributed by atoms with van der Waals surface area (Å²) in [6.45, 7) is 1.14. The molecule has 4 nitrogen and oxygen atoms in total. The van der Waals surface area contributed by atoms with Gasteiger partial charge in [-0.15, -0.1) is 0 Å². The number of carbonyl (C=O) groups excluding carboxylic acids is 1. The van der Waals surface area contributed by atoms with Crippen molar-refractivity contribution in [2.45, 2.75) is 30.8 Å². The molecular formula is C17H21F3N2O2. The number of amides is 1. The Labute approximate surface area is 138 Å². The number of benzene rings is 1. The lowest BCUT2D eigenvalue weighted by atomic mass is 10.00. The molecule has 0 radical (unpaired) electrons. The summed E-state index contributed by atoms with van der Waals surface area (Å²) in [7, 11) is 0. The number of hydrogen-bond acceptors (Lipinski definition) is 3. The molecule has 132 valence electrons. The van der Waals surface area contributed by atoms with Crippen LogP contribution >= 0.6 is 0 Å². The Morgan fingerprint density at radius 1 is 1.12 bits per heavy atom. The predicted molar refractivity (Wildman–Crippen MR) is 82.5 cm³/mol. The number of β-amino-alcohol motifs (C(OH)–C–C–N with tert-alkyl or cyclic N) is 1. The Bertz CT molecular complexity index is 616. The van der Waals surface area contributed by atoms with Crippen LogP contribution in [0.1, 0.15) is 29.6 Å². The monoisotopic (exact) mass is 342 g/mol. The molecule has 1 aromatic rings. The number of piperidine rings is 1. The molecule has 1 atom stereocenters. The Kier molecular flexibility index (Phi) is 4.57. The van der Waals surface area contributed by atoms with Crippen molar-refractivity contribution in [1.82, 2.24) is 9.80 Å². The van der Waals surface area contributed by atoms with Gasteiger partial charge in [-0.1, -0.05) is 12.1 Å². The number of rotatable bonds is 3. The molecule has 2 aliphatic heterocycles. The quantitative estimate of drug-likeness (QED) is 0.915. The summed E-state index contributed by atoms with van der Waals surface area (Å²) in [5.41, 5.74) is -1.15. The van der Waals surface area contributed by atoms with Gasteiger partial charge in [0.2, 0.25) is 0 Å². The lowest BCUT2D eigenvalue weighted by molar-refractivity contribution is -0.0720. The van der Waals surface area contributed by atoms with Gasteiger partial charge in [-0.2, -0.15) is 0 Å². The standard InChI is InChI=1S/C17H21F3N2O2/c18-14-4-2-1-3-13(14)15(23)22-10-5-16(24,12-22)11-21-8-6-17(19,20)7-9-21/h1-4,24H,5-12H2/t16-/m0/s1. The summed E-state index contributed by atoms with van der Waals surface area (Å²) in [6.07, 6.45) is -0.0536. The number of hydrogen-bond donors (Lipinski definition) is 1. The number of alkyl halides is 2. The molecule has 2 fully saturated rings. The highest BCUT2D eigenvalue weighted by Crippen LogP contribution is 2.30. The third kappa shape index (κ3) is 3.72. The van der Waals surface area contributed by atoms with E-state index in [4.69, 9.17) is 0 Å². The second-order valence-corrected chi connectivity index (χ2v) is 6.81. The Balaban J connectivity index is 1.60. The number of aliphatic hydroxyl groups is 1. The number of likely N-dealkylation sites (tertiary alicyclic amines) is 2. The number of halogens is 3. The van der Waals surface area contributed by atoms with E-state index in [-0.39, 0.29) is 44.6 Å². The van der Waals surface area contributed by atoms with Crippen LogP contribution in [0.15, 0.2) is 24.3 Å². The first-order chi connectivity index (χ1) is 11.3. The summed E-state index contributed by atoms with van der Waals surface area (Å²) >= 11 is 0. The van der Waals surface area contributed by atoms with Crippen LogP contribution in [0.5, 0.6) is 0 Å². The van der Waals surface area contributed by atoms with E-state index in [2.05, 4.69) is 0 Å². The maximum Gasteiger partial charge on any atom is 0.256 e. The molecule has 2 aliphatic rings. The topological polar surface area (TPSA) is 43.8 Å². The lowest BCUT2D eigenvalue weighted by Crippen LogP contribution is -2.49. The lowest BCUT2D eigenvalue weighted by Gasteiger charge is -2.36. The van der Waals surface area contributed by atoms with Gasteiger partial charge in [-0.3, -0.25) is 9.69 Å². The van der Waals surface area contributed by atoms with Crippen molar-refractivity contribution >= 4 is 5.91 Å². The van der Waals surface area contributed by atoms with Crippen molar-refractivity contribution < 1.29 is 23.1 Å². The van der Waals surface area contributed by atoms with E-state index < -0.39 is 23.2 Å². The summed E-state index contributed by atoms with van der Waals surface area (Å²) in [5.74, 6) is -3.66. The fourth-order valence-electron chi connectivity index (χ4n) is 3.42. The third-order valence-corrected chi connectivity index (χ3v) is 4.83. The highest BCUT2D eigenvalue weighted by molar-refractivity contribution is 5.94. The van der Waals surface area contributed by atoms with Gasteiger partial charge in [0.05, 0.1) is 17.7 Å². The minimum Gasteiger partial charge on any atom is -0.387 e. The fraction of sp³-hybridized carbons (Fsp3) is 0.588. The normalized spacial score (nSPS) is 27.4. The largest absolute Gasteiger partial charge is 0.387 e. The third-order valence-electron chi connectivity index (χ3n) is 4.83. The zero-order chi connectivity index (χ0) is 17.4. The van der Waals surface area contributed by atoms with Gasteiger partial charge in [0.25, 0.3) is 11.8 Å². The van der Waals surface area contributed by atoms with Gasteiger partial charge >= 0.3 is 0 Å². The molecule has 2 saturated heterocycles. The molecule has 0 aliphatic carbocycles. The van der Waals surface area contributed by atoms with E-state index >= 15 is 0 Å². The van der Waals surface area contributed by atoms with Crippen molar-refractivity contribution in [2.24, 2.45) is 0 Å². The predicted octanol–water partition coefficient (Wildman–Crippen LogP) is 2.13. The first-order valence-electron chi connectivity index (χ1n) is 8.14. The molecule has 0 spiro atoms. The van der Waals surface area contributed by atoms with Crippen molar-refractivity contribution in [1.29, 1.82) is 0 Å². The second-order valence-electron chi connectivity index (χ2n) is 6.81. The molecule has 0 unspecified atom stereocenters. The zero-order valence-electron chi connectivity index (χ0n) is 13.4. The zero-order valence-corrected chi connectivity index (χ0v) is 13.4. The van der Waals surface area contributed by atoms with E-state index in [9.17, 15) is 23.1 Å². The summed E-state index contributed by atoms with van der Waals surface area (Å²) in [4.78, 5) is 15.6. The Morgan fingerprint density at radius 2 is 1.79 bits per heavy atom. The summed E-state index contributed by atoms with van der Waals surface area (Å²) in [5, 5.41) is 10.7. The molecule has 0 saturated carbocycles. The maximum absolute atomic E-state index is 13.7. The van der Waals surface area contributed by atoms with Crippen LogP contribution < -0.4 is 0 Å². The van der Waals surface area contributed by atoms with Gasteiger partial charge in [-0.25, -0.2) is 13.2 Å². The first-order valence-corrected chi connectivity index (χ1v) is 8.14. The van der Waals surface area contributed by atoms with Crippen LogP contribution in [-0.2, 0) is 0 Å². The molecule has 7 heteroatoms. The summed E-state index contributed by atoms with van der Waals surface area (Å²) < 4.78 is 40.1. The Morgan fingerprint density at radius 3 is 2.46 bits per heavy atom. The van der Waals surface area contributed by atoms with Crippen LogP contribution in [0, 0.1) is 5.82 Å². The van der Waals surface area contributed by atoms with Gasteiger partial charge in [0.15, 0.2) is 0 Å². The molecule has 3 rings (SSSR count). The van der Waals surface area contributed by atoms with Crippen molar-refractivity contribution in [2.75, 3.05) is 32.7 Å². The average molecular weight is 342 g/mol. The highest BCUT2D eigenvalue weighted by Gasteiger charge is 2.42. The van der Waals surface area contributed by atoms with Crippen LogP contribution in [0.2, 0.25) is 0 Å². The van der Waals surface area contributed by atoms with E-state index in [1.165, 1.54) is 23.1 Å². The van der Waals surface area contributed by atoms with Gasteiger partial charge in [-0.05, 0) is 18.6 Å². The second kappa shape index (κ2) is 6.37. The number of carbonyl (C=O) groups is 1. The van der Waals surface area contributed by atoms with Crippen LogP contribution in [0.3, 0.4) is 0 Å². The van der Waals surface area contributed by atoms with Crippen molar-refractivity contribution in [3.05, 3.63) is 35.6 Å². The first kappa shape index (κ1) is 17.2. The molecule has 1 N–H and O–H groups in total. The molecule has 24 heavy (non-hydrogen) atoms. The van der Waals surface area contributed by atoms with Crippen molar-refractivity contribution in [3.63, 3.8) is 0 Å². The minimum absolute atomic E-state index is 0.0145. The van der Waals surface area contributed by atoms with Gasteiger partial charge in [0.1, 0.15) is 5.82 Å². The minimum atomic E-state index is -2.62. The van der Waals surface area contributed by atoms with E-state index in [0.717, 1.165) is 0 Å².